The van der Waals surface area contributed by atoms with Crippen LogP contribution in [0, 0.1) is 0 Å². The topological polar surface area (TPSA) is 47.6 Å². The van der Waals surface area contributed by atoms with Crippen LogP contribution in [0.3, 0.4) is 0 Å². The molecule has 1 aromatic rings. The van der Waals surface area contributed by atoms with Gasteiger partial charge in [-0.2, -0.15) is 0 Å². The van der Waals surface area contributed by atoms with Gasteiger partial charge in [-0.3, -0.25) is 0 Å². The van der Waals surface area contributed by atoms with Gasteiger partial charge in [-0.1, -0.05) is 17.7 Å². The van der Waals surface area contributed by atoms with Crippen molar-refractivity contribution in [3.63, 3.8) is 0 Å². The molecule has 4 nitrogen and oxygen atoms in total. The van der Waals surface area contributed by atoms with E-state index in [2.05, 4.69) is 5.32 Å². The van der Waals surface area contributed by atoms with Gasteiger partial charge in [-0.05, 0) is 38.8 Å². The molecule has 0 aromatic heterocycles. The first-order valence-corrected chi connectivity index (χ1v) is 7.27. The van der Waals surface area contributed by atoms with Crippen LogP contribution in [0.4, 0.5) is 0 Å². The quantitative estimate of drug-likeness (QED) is 0.786. The Morgan fingerprint density at radius 1 is 1.45 bits per heavy atom. The van der Waals surface area contributed by atoms with Gasteiger partial charge >= 0.3 is 5.97 Å². The van der Waals surface area contributed by atoms with E-state index < -0.39 is 0 Å². The minimum Gasteiger partial charge on any atom is -0.482 e. The molecule has 0 heterocycles. The minimum atomic E-state index is -0.374. The average molecular weight is 298 g/mol. The molecule has 1 aliphatic rings. The molecule has 0 bridgehead atoms. The predicted molar refractivity (Wildman–Crippen MR) is 78.0 cm³/mol. The van der Waals surface area contributed by atoms with Crippen LogP contribution in [0.1, 0.15) is 32.3 Å². The maximum absolute atomic E-state index is 11.5. The molecule has 1 saturated carbocycles. The van der Waals surface area contributed by atoms with E-state index in [1.165, 1.54) is 12.8 Å². The number of esters is 1. The second kappa shape index (κ2) is 6.95. The summed E-state index contributed by atoms with van der Waals surface area (Å²) in [6, 6.07) is 6.04. The third-order valence-corrected chi connectivity index (χ3v) is 3.29. The van der Waals surface area contributed by atoms with E-state index in [0.717, 1.165) is 5.56 Å². The van der Waals surface area contributed by atoms with Crippen LogP contribution in [0.5, 0.6) is 5.75 Å². The number of carbonyl (C=O) groups is 1. The summed E-state index contributed by atoms with van der Waals surface area (Å²) in [6.07, 6.45) is 2.28. The molecule has 0 unspecified atom stereocenters. The van der Waals surface area contributed by atoms with Crippen LogP contribution >= 0.6 is 11.6 Å². The third kappa shape index (κ3) is 4.69. The van der Waals surface area contributed by atoms with Crippen LogP contribution in [0.25, 0.3) is 0 Å². The molecule has 0 saturated heterocycles. The number of nitrogens with one attached hydrogen (secondary N) is 1. The lowest BCUT2D eigenvalue weighted by atomic mass is 10.2. The van der Waals surface area contributed by atoms with Crippen molar-refractivity contribution in [2.75, 3.05) is 6.61 Å². The number of hydrogen-bond donors (Lipinski definition) is 1. The Hall–Kier alpha value is -1.26. The van der Waals surface area contributed by atoms with Crippen molar-refractivity contribution in [2.24, 2.45) is 0 Å². The fourth-order valence-corrected chi connectivity index (χ4v) is 2.05. The summed E-state index contributed by atoms with van der Waals surface area (Å²) in [5, 5.41) is 4.04. The monoisotopic (exact) mass is 297 g/mol. The first kappa shape index (κ1) is 15.1. The van der Waals surface area contributed by atoms with Gasteiger partial charge in [0.25, 0.3) is 0 Å². The predicted octanol–water partition coefficient (Wildman–Crippen LogP) is 2.92. The summed E-state index contributed by atoms with van der Waals surface area (Å²) < 4.78 is 10.6. The molecule has 110 valence electrons. The first-order chi connectivity index (χ1) is 9.56. The molecule has 0 aliphatic heterocycles. The second-order valence-corrected chi connectivity index (χ2v) is 5.61. The van der Waals surface area contributed by atoms with E-state index in [1.54, 1.807) is 0 Å². The maximum atomic E-state index is 11.5. The Balaban J connectivity index is 1.94. The molecule has 0 radical (unpaired) electrons. The van der Waals surface area contributed by atoms with Crippen molar-refractivity contribution in [3.05, 3.63) is 28.8 Å². The van der Waals surface area contributed by atoms with Crippen molar-refractivity contribution in [2.45, 2.75) is 45.4 Å². The van der Waals surface area contributed by atoms with Gasteiger partial charge in [0.2, 0.25) is 0 Å². The zero-order chi connectivity index (χ0) is 14.5. The van der Waals surface area contributed by atoms with E-state index >= 15 is 0 Å². The van der Waals surface area contributed by atoms with Gasteiger partial charge in [-0.25, -0.2) is 4.79 Å². The van der Waals surface area contributed by atoms with Crippen molar-refractivity contribution in [1.29, 1.82) is 0 Å². The summed E-state index contributed by atoms with van der Waals surface area (Å²) in [5.41, 5.74) is 0.887. The molecule has 1 N–H and O–H groups in total. The summed E-state index contributed by atoms with van der Waals surface area (Å²) in [5.74, 6) is 0.257. The second-order valence-electron chi connectivity index (χ2n) is 5.20. The highest BCUT2D eigenvalue weighted by Gasteiger charge is 2.21. The summed E-state index contributed by atoms with van der Waals surface area (Å²) in [6.45, 7) is 4.17. The summed E-state index contributed by atoms with van der Waals surface area (Å²) in [4.78, 5) is 11.5. The van der Waals surface area contributed by atoms with Gasteiger partial charge in [-0.15, -0.1) is 0 Å². The fraction of sp³-hybridized carbons (Fsp3) is 0.533. The van der Waals surface area contributed by atoms with E-state index in [4.69, 9.17) is 21.1 Å². The molecule has 1 fully saturated rings. The van der Waals surface area contributed by atoms with E-state index in [-0.39, 0.29) is 18.7 Å². The van der Waals surface area contributed by atoms with E-state index in [9.17, 15) is 4.79 Å². The van der Waals surface area contributed by atoms with Crippen LogP contribution in [-0.2, 0) is 16.1 Å². The molecular weight excluding hydrogens is 278 g/mol. The van der Waals surface area contributed by atoms with Crippen LogP contribution in [0.2, 0.25) is 5.02 Å². The molecule has 2 rings (SSSR count). The number of benzene rings is 1. The largest absolute Gasteiger partial charge is 0.482 e. The summed E-state index contributed by atoms with van der Waals surface area (Å²) >= 11 is 6.20. The number of halogens is 1. The Morgan fingerprint density at radius 2 is 2.20 bits per heavy atom. The highest BCUT2D eigenvalue weighted by atomic mass is 35.5. The molecule has 20 heavy (non-hydrogen) atoms. The fourth-order valence-electron chi connectivity index (χ4n) is 1.81. The Morgan fingerprint density at radius 3 is 2.85 bits per heavy atom. The zero-order valence-electron chi connectivity index (χ0n) is 11.8. The van der Waals surface area contributed by atoms with Crippen molar-refractivity contribution >= 4 is 17.6 Å². The average Bonchev–Trinajstić information content (AvgIpc) is 3.18. The summed E-state index contributed by atoms with van der Waals surface area (Å²) in [7, 11) is 0. The smallest absolute Gasteiger partial charge is 0.344 e. The minimum absolute atomic E-state index is 0.102. The Labute approximate surface area is 124 Å². The lowest BCUT2D eigenvalue weighted by Gasteiger charge is -2.14. The lowest BCUT2D eigenvalue weighted by Crippen LogP contribution is -2.20. The van der Waals surface area contributed by atoms with Crippen LogP contribution in [-0.4, -0.2) is 24.7 Å². The molecule has 0 amide bonds. The van der Waals surface area contributed by atoms with Gasteiger partial charge in [0, 0.05) is 23.2 Å². The normalized spacial score (nSPS) is 14.4. The SMILES string of the molecule is CC(C)OC(=O)COc1cccc(Cl)c1CNC1CC1. The highest BCUT2D eigenvalue weighted by Crippen LogP contribution is 2.28. The molecule has 0 spiro atoms. The van der Waals surface area contributed by atoms with Crippen LogP contribution in [0.15, 0.2) is 18.2 Å². The van der Waals surface area contributed by atoms with Crippen molar-refractivity contribution in [3.8, 4) is 5.75 Å². The first-order valence-electron chi connectivity index (χ1n) is 6.89. The zero-order valence-corrected chi connectivity index (χ0v) is 12.6. The lowest BCUT2D eigenvalue weighted by molar-refractivity contribution is -0.149. The van der Waals surface area contributed by atoms with E-state index in [0.29, 0.717) is 23.4 Å². The van der Waals surface area contributed by atoms with Gasteiger partial charge < -0.3 is 14.8 Å². The number of ether oxygens (including phenoxy) is 2. The van der Waals surface area contributed by atoms with Crippen molar-refractivity contribution in [1.82, 2.24) is 5.32 Å². The third-order valence-electron chi connectivity index (χ3n) is 2.93. The van der Waals surface area contributed by atoms with Gasteiger partial charge in [0.15, 0.2) is 6.61 Å². The molecule has 5 heteroatoms. The Kier molecular flexibility index (Phi) is 5.26. The number of hydrogen-bond acceptors (Lipinski definition) is 4. The van der Waals surface area contributed by atoms with Crippen molar-refractivity contribution < 1.29 is 14.3 Å². The number of rotatable bonds is 7. The number of carbonyl (C=O) groups excluding carboxylic acids is 1. The standard InChI is InChI=1S/C15H20ClNO3/c1-10(2)20-15(18)9-19-14-5-3-4-13(16)12(14)8-17-11-6-7-11/h3-5,10-11,17H,6-9H2,1-2H3. The van der Waals surface area contributed by atoms with E-state index in [1.807, 2.05) is 32.0 Å². The van der Waals surface area contributed by atoms with Gasteiger partial charge in [0.05, 0.1) is 6.10 Å². The Bertz CT molecular complexity index is 472. The van der Waals surface area contributed by atoms with Crippen LogP contribution < -0.4 is 10.1 Å². The highest BCUT2D eigenvalue weighted by molar-refractivity contribution is 6.31. The molecule has 1 aliphatic carbocycles. The maximum Gasteiger partial charge on any atom is 0.344 e. The molecular formula is C15H20ClNO3. The molecule has 1 aromatic carbocycles. The van der Waals surface area contributed by atoms with Gasteiger partial charge in [0.1, 0.15) is 5.75 Å². The molecule has 0 atom stereocenters.